The Kier molecular flexibility index (Phi) is 8.88. The first kappa shape index (κ1) is 32.7. The standard InChI is InChI=1S/C27H28F4N2O7S3/c1-16-25(41-17(2)32-16)42(35,36)12-11-20-15-33(43(37,38)21-8-6-19(28)7-9-21)22-13-18(5-10-23(22)39-20)14-24(34)40-26(3,4)27(29,30)31/h5-10,13,20H,11-12,14-15H2,1-4H3/t20-/m0/s1. The summed E-state index contributed by atoms with van der Waals surface area (Å²) in [4.78, 5) is 16.3. The molecule has 0 bridgehead atoms. The normalized spacial score (nSPS) is 16.0. The molecule has 0 amide bonds. The third-order valence-electron chi connectivity index (χ3n) is 6.61. The van der Waals surface area contributed by atoms with Crippen LogP contribution in [0.4, 0.5) is 23.2 Å². The smallest absolute Gasteiger partial charge is 0.427 e. The van der Waals surface area contributed by atoms with Crippen LogP contribution in [0.25, 0.3) is 0 Å². The molecule has 0 fully saturated rings. The van der Waals surface area contributed by atoms with E-state index >= 15 is 0 Å². The number of nitrogens with zero attached hydrogens (tertiary/aromatic N) is 2. The van der Waals surface area contributed by atoms with Crippen LogP contribution >= 0.6 is 11.3 Å². The fourth-order valence-electron chi connectivity index (χ4n) is 4.30. The van der Waals surface area contributed by atoms with Crippen molar-refractivity contribution >= 4 is 42.9 Å². The van der Waals surface area contributed by atoms with Crippen molar-refractivity contribution in [2.45, 2.75) is 67.5 Å². The first-order valence-corrected chi connectivity index (χ1v) is 16.7. The molecule has 16 heteroatoms. The summed E-state index contributed by atoms with van der Waals surface area (Å²) in [5.41, 5.74) is -2.27. The summed E-state index contributed by atoms with van der Waals surface area (Å²) in [6, 6.07) is 8.04. The highest BCUT2D eigenvalue weighted by atomic mass is 32.2. The lowest BCUT2D eigenvalue weighted by molar-refractivity contribution is -0.257. The average Bonchev–Trinajstić information content (AvgIpc) is 3.25. The molecule has 1 atom stereocenters. The molecule has 0 N–H and O–H groups in total. The summed E-state index contributed by atoms with van der Waals surface area (Å²) in [5.74, 6) is -2.18. The fourth-order valence-corrected chi connectivity index (χ4v) is 8.82. The van der Waals surface area contributed by atoms with E-state index in [1.165, 1.54) is 18.2 Å². The number of anilines is 1. The van der Waals surface area contributed by atoms with Crippen molar-refractivity contribution in [1.82, 2.24) is 4.98 Å². The molecule has 4 rings (SSSR count). The zero-order valence-corrected chi connectivity index (χ0v) is 25.9. The minimum Gasteiger partial charge on any atom is -0.486 e. The number of halogens is 4. The summed E-state index contributed by atoms with van der Waals surface area (Å²) >= 11 is 1.03. The lowest BCUT2D eigenvalue weighted by Gasteiger charge is -2.36. The van der Waals surface area contributed by atoms with Crippen LogP contribution < -0.4 is 9.04 Å². The fraction of sp³-hybridized carbons (Fsp3) is 0.407. The summed E-state index contributed by atoms with van der Waals surface area (Å²) < 4.78 is 118. The van der Waals surface area contributed by atoms with Crippen molar-refractivity contribution < 1.29 is 48.7 Å². The average molecular weight is 665 g/mol. The summed E-state index contributed by atoms with van der Waals surface area (Å²) in [7, 11) is -8.13. The molecule has 2 heterocycles. The van der Waals surface area contributed by atoms with Gasteiger partial charge in [0, 0.05) is 6.42 Å². The Balaban J connectivity index is 1.64. The van der Waals surface area contributed by atoms with Crippen LogP contribution in [0.5, 0.6) is 5.75 Å². The molecule has 0 radical (unpaired) electrons. The van der Waals surface area contributed by atoms with E-state index in [1.807, 2.05) is 0 Å². The van der Waals surface area contributed by atoms with Gasteiger partial charge in [-0.15, -0.1) is 11.3 Å². The second kappa shape index (κ2) is 11.7. The Hall–Kier alpha value is -3.24. The molecule has 1 aliphatic rings. The van der Waals surface area contributed by atoms with E-state index < -0.39 is 55.9 Å². The van der Waals surface area contributed by atoms with Gasteiger partial charge in [-0.05, 0) is 69.7 Å². The van der Waals surface area contributed by atoms with Crippen LogP contribution in [0.1, 0.15) is 36.5 Å². The van der Waals surface area contributed by atoms with Crippen molar-refractivity contribution in [2.75, 3.05) is 16.6 Å². The molecule has 0 saturated heterocycles. The first-order chi connectivity index (χ1) is 19.8. The predicted molar refractivity (Wildman–Crippen MR) is 150 cm³/mol. The second-order valence-corrected chi connectivity index (χ2v) is 15.8. The lowest BCUT2D eigenvalue weighted by Crippen LogP contribution is -2.44. The Labute approximate surface area is 250 Å². The maximum Gasteiger partial charge on any atom is 0.427 e. The van der Waals surface area contributed by atoms with Crippen molar-refractivity contribution in [1.29, 1.82) is 0 Å². The molecule has 2 aromatic carbocycles. The number of hydrogen-bond acceptors (Lipinski definition) is 9. The number of carbonyl (C=O) groups excluding carboxylic acids is 1. The Morgan fingerprint density at radius 1 is 1.09 bits per heavy atom. The van der Waals surface area contributed by atoms with Crippen LogP contribution in [-0.4, -0.2) is 58.0 Å². The van der Waals surface area contributed by atoms with E-state index in [-0.39, 0.29) is 44.8 Å². The Morgan fingerprint density at radius 2 is 1.74 bits per heavy atom. The minimum absolute atomic E-state index is 0.0299. The van der Waals surface area contributed by atoms with Gasteiger partial charge in [-0.2, -0.15) is 13.2 Å². The summed E-state index contributed by atoms with van der Waals surface area (Å²) in [5, 5.41) is 0.581. The number of carbonyl (C=O) groups is 1. The van der Waals surface area contributed by atoms with E-state index in [2.05, 4.69) is 9.72 Å². The zero-order valence-electron chi connectivity index (χ0n) is 23.4. The van der Waals surface area contributed by atoms with Crippen LogP contribution in [0.3, 0.4) is 0 Å². The monoisotopic (exact) mass is 664 g/mol. The lowest BCUT2D eigenvalue weighted by atomic mass is 10.1. The quantitative estimate of drug-likeness (QED) is 0.228. The number of ether oxygens (including phenoxy) is 2. The number of hydrogen-bond donors (Lipinski definition) is 0. The van der Waals surface area contributed by atoms with Gasteiger partial charge in [0.2, 0.25) is 5.60 Å². The molecular formula is C27H28F4N2O7S3. The molecule has 0 spiro atoms. The number of sulfonamides is 1. The van der Waals surface area contributed by atoms with Crippen molar-refractivity contribution in [3.8, 4) is 5.75 Å². The number of benzene rings is 2. The highest BCUT2D eigenvalue weighted by molar-refractivity contribution is 7.93. The third kappa shape index (κ3) is 7.12. The van der Waals surface area contributed by atoms with E-state index in [9.17, 15) is 39.2 Å². The number of esters is 1. The number of fused-ring (bicyclic) bond motifs is 1. The number of aryl methyl sites for hydroxylation is 2. The van der Waals surface area contributed by atoms with Gasteiger partial charge in [-0.1, -0.05) is 6.07 Å². The molecule has 0 saturated carbocycles. The zero-order chi connectivity index (χ0) is 32.0. The highest BCUT2D eigenvalue weighted by Gasteiger charge is 2.50. The third-order valence-corrected chi connectivity index (χ3v) is 11.9. The van der Waals surface area contributed by atoms with Crippen LogP contribution in [0.15, 0.2) is 51.6 Å². The van der Waals surface area contributed by atoms with Gasteiger partial charge in [-0.3, -0.25) is 9.10 Å². The molecule has 1 aromatic heterocycles. The van der Waals surface area contributed by atoms with Gasteiger partial charge in [0.1, 0.15) is 21.9 Å². The maximum absolute atomic E-state index is 13.7. The van der Waals surface area contributed by atoms with Gasteiger partial charge in [0.25, 0.3) is 10.0 Å². The Bertz CT molecular complexity index is 1740. The van der Waals surface area contributed by atoms with Gasteiger partial charge in [-0.25, -0.2) is 26.2 Å². The first-order valence-electron chi connectivity index (χ1n) is 12.8. The van der Waals surface area contributed by atoms with Gasteiger partial charge >= 0.3 is 12.1 Å². The minimum atomic E-state index is -4.81. The predicted octanol–water partition coefficient (Wildman–Crippen LogP) is 5.15. The Morgan fingerprint density at radius 3 is 2.33 bits per heavy atom. The van der Waals surface area contributed by atoms with E-state index in [4.69, 9.17) is 4.74 Å². The number of aromatic nitrogens is 1. The second-order valence-electron chi connectivity index (χ2n) is 10.4. The van der Waals surface area contributed by atoms with Crippen molar-refractivity contribution in [2.24, 2.45) is 0 Å². The SMILES string of the molecule is Cc1nc(C)c(S(=O)(=O)CC[C@H]2CN(S(=O)(=O)c3ccc(F)cc3)c3cc(CC(=O)OC(C)(C)C(F)(F)F)ccc3O2)s1. The molecule has 0 unspecified atom stereocenters. The van der Waals surface area contributed by atoms with Crippen LogP contribution in [0.2, 0.25) is 0 Å². The molecule has 3 aromatic rings. The molecule has 234 valence electrons. The maximum atomic E-state index is 13.7. The number of alkyl halides is 3. The van der Waals surface area contributed by atoms with E-state index in [1.54, 1.807) is 13.8 Å². The number of thiazole rings is 1. The van der Waals surface area contributed by atoms with Crippen LogP contribution in [0, 0.1) is 19.7 Å². The molecule has 43 heavy (non-hydrogen) atoms. The van der Waals surface area contributed by atoms with Crippen LogP contribution in [-0.2, 0) is 35.8 Å². The van der Waals surface area contributed by atoms with E-state index in [0.29, 0.717) is 24.5 Å². The largest absolute Gasteiger partial charge is 0.486 e. The van der Waals surface area contributed by atoms with Crippen molar-refractivity contribution in [3.05, 3.63) is 64.5 Å². The summed E-state index contributed by atoms with van der Waals surface area (Å²) in [6.45, 7) is 4.35. The molecule has 9 nitrogen and oxygen atoms in total. The molecule has 0 aliphatic carbocycles. The van der Waals surface area contributed by atoms with Gasteiger partial charge in [0.05, 0.1) is 40.0 Å². The van der Waals surface area contributed by atoms with Crippen molar-refractivity contribution in [3.63, 3.8) is 0 Å². The van der Waals surface area contributed by atoms with E-state index in [0.717, 1.165) is 39.9 Å². The highest BCUT2D eigenvalue weighted by Crippen LogP contribution is 2.39. The summed E-state index contributed by atoms with van der Waals surface area (Å²) in [6.07, 6.45) is -6.43. The number of rotatable bonds is 9. The number of sulfone groups is 1. The topological polar surface area (TPSA) is 120 Å². The molecule has 1 aliphatic heterocycles. The molecular weight excluding hydrogens is 636 g/mol. The van der Waals surface area contributed by atoms with Gasteiger partial charge < -0.3 is 9.47 Å². The van der Waals surface area contributed by atoms with Gasteiger partial charge in [0.15, 0.2) is 9.84 Å².